The lowest BCUT2D eigenvalue weighted by Crippen LogP contribution is -2.45. The topological polar surface area (TPSA) is 73.0 Å². The number of aryl methyl sites for hydroxylation is 1. The van der Waals surface area contributed by atoms with Gasteiger partial charge in [-0.15, -0.1) is 11.3 Å². The van der Waals surface area contributed by atoms with Crippen LogP contribution in [0, 0.1) is 6.92 Å². The highest BCUT2D eigenvalue weighted by atomic mass is 32.1. The minimum absolute atomic E-state index is 0.148. The third-order valence-corrected chi connectivity index (χ3v) is 7.05. The number of hydrogen-bond acceptors (Lipinski definition) is 6. The second-order valence-corrected chi connectivity index (χ2v) is 9.44. The standard InChI is InChI=1S/C21H23N5O2S/c1-15-5-6-17(29-15)13-24-10-7-21(14-24)8-11-25-18(27)19(28)26(23-20(21)25)12-16-4-2-3-9-22-16/h2-6,9H,7-8,10-14H2,1H3/t21-/m1/s1. The zero-order valence-electron chi connectivity index (χ0n) is 16.4. The molecule has 1 atom stereocenters. The lowest BCUT2D eigenvalue weighted by Gasteiger charge is -2.23. The van der Waals surface area contributed by atoms with Crippen LogP contribution in [0.15, 0.2) is 46.1 Å². The molecule has 0 aromatic carbocycles. The first-order valence-electron chi connectivity index (χ1n) is 9.94. The molecule has 0 aliphatic carbocycles. The Labute approximate surface area is 172 Å². The maximum atomic E-state index is 12.7. The fraction of sp³-hybridized carbons (Fsp3) is 0.429. The Bertz CT molecular complexity index is 1170. The molecule has 29 heavy (non-hydrogen) atoms. The first kappa shape index (κ1) is 18.4. The average Bonchev–Trinajstić information content (AvgIpc) is 3.41. The van der Waals surface area contributed by atoms with E-state index in [0.717, 1.165) is 44.0 Å². The Hall–Kier alpha value is -2.58. The van der Waals surface area contributed by atoms with Gasteiger partial charge in [0.25, 0.3) is 0 Å². The Morgan fingerprint density at radius 3 is 2.69 bits per heavy atom. The van der Waals surface area contributed by atoms with Crippen molar-refractivity contribution >= 4 is 11.3 Å². The molecule has 0 amide bonds. The van der Waals surface area contributed by atoms with E-state index < -0.39 is 11.1 Å². The van der Waals surface area contributed by atoms with Crippen LogP contribution >= 0.6 is 11.3 Å². The molecule has 1 saturated heterocycles. The van der Waals surface area contributed by atoms with Gasteiger partial charge in [-0.1, -0.05) is 6.07 Å². The molecule has 150 valence electrons. The van der Waals surface area contributed by atoms with E-state index >= 15 is 0 Å². The molecule has 0 saturated carbocycles. The predicted octanol–water partition coefficient (Wildman–Crippen LogP) is 1.77. The van der Waals surface area contributed by atoms with Crippen LogP contribution in [-0.2, 0) is 25.0 Å². The van der Waals surface area contributed by atoms with Gasteiger partial charge in [0, 0.05) is 41.0 Å². The van der Waals surface area contributed by atoms with Crippen LogP contribution in [0.4, 0.5) is 0 Å². The molecule has 5 heterocycles. The number of thiophene rings is 1. The van der Waals surface area contributed by atoms with Crippen LogP contribution in [0.25, 0.3) is 0 Å². The van der Waals surface area contributed by atoms with E-state index in [0.29, 0.717) is 6.54 Å². The number of likely N-dealkylation sites (tertiary alicyclic amines) is 1. The van der Waals surface area contributed by atoms with Gasteiger partial charge in [0.2, 0.25) is 0 Å². The number of hydrogen-bond donors (Lipinski definition) is 0. The zero-order valence-corrected chi connectivity index (χ0v) is 17.2. The molecule has 1 spiro atoms. The summed E-state index contributed by atoms with van der Waals surface area (Å²) in [4.78, 5) is 34.7. The molecule has 0 radical (unpaired) electrons. The summed E-state index contributed by atoms with van der Waals surface area (Å²) >= 11 is 1.83. The summed E-state index contributed by atoms with van der Waals surface area (Å²) in [5.41, 5.74) is -0.458. The van der Waals surface area contributed by atoms with Crippen LogP contribution in [-0.4, -0.2) is 37.3 Å². The van der Waals surface area contributed by atoms with Gasteiger partial charge in [-0.25, -0.2) is 4.68 Å². The normalized spacial score (nSPS) is 21.1. The summed E-state index contributed by atoms with van der Waals surface area (Å²) in [5.74, 6) is 0.767. The highest BCUT2D eigenvalue weighted by molar-refractivity contribution is 7.11. The SMILES string of the molecule is Cc1ccc(CN2CC[C@@]3(CCn4c3nn(Cc3ccccn3)c(=O)c4=O)C2)s1. The second kappa shape index (κ2) is 7.03. The lowest BCUT2D eigenvalue weighted by molar-refractivity contribution is 0.300. The maximum absolute atomic E-state index is 12.7. The van der Waals surface area contributed by atoms with Crippen molar-refractivity contribution in [1.29, 1.82) is 0 Å². The van der Waals surface area contributed by atoms with Crippen molar-refractivity contribution in [2.45, 2.75) is 44.8 Å². The summed E-state index contributed by atoms with van der Waals surface area (Å²) in [6.07, 6.45) is 3.51. The fourth-order valence-corrected chi connectivity index (χ4v) is 5.53. The van der Waals surface area contributed by atoms with Crippen LogP contribution in [0.1, 0.15) is 34.1 Å². The van der Waals surface area contributed by atoms with E-state index in [9.17, 15) is 9.59 Å². The van der Waals surface area contributed by atoms with Crippen molar-refractivity contribution in [1.82, 2.24) is 24.2 Å². The van der Waals surface area contributed by atoms with Crippen molar-refractivity contribution in [2.75, 3.05) is 13.1 Å². The summed E-state index contributed by atoms with van der Waals surface area (Å²) in [7, 11) is 0. The fourth-order valence-electron chi connectivity index (χ4n) is 4.60. The van der Waals surface area contributed by atoms with E-state index in [4.69, 9.17) is 5.10 Å². The zero-order chi connectivity index (χ0) is 20.0. The van der Waals surface area contributed by atoms with E-state index in [1.165, 1.54) is 14.4 Å². The van der Waals surface area contributed by atoms with E-state index in [2.05, 4.69) is 28.9 Å². The Kier molecular flexibility index (Phi) is 4.48. The van der Waals surface area contributed by atoms with E-state index in [-0.39, 0.29) is 12.0 Å². The summed E-state index contributed by atoms with van der Waals surface area (Å²) in [5, 5.41) is 4.69. The molecular weight excluding hydrogens is 386 g/mol. The molecule has 2 aliphatic heterocycles. The van der Waals surface area contributed by atoms with E-state index in [1.54, 1.807) is 10.8 Å². The third kappa shape index (κ3) is 3.26. The molecule has 7 nitrogen and oxygen atoms in total. The first-order chi connectivity index (χ1) is 14.0. The van der Waals surface area contributed by atoms with Gasteiger partial charge in [0.05, 0.1) is 12.2 Å². The molecule has 0 N–H and O–H groups in total. The summed E-state index contributed by atoms with van der Waals surface area (Å²) < 4.78 is 2.91. The van der Waals surface area contributed by atoms with Crippen molar-refractivity contribution in [2.24, 2.45) is 0 Å². The van der Waals surface area contributed by atoms with Crippen LogP contribution in [0.2, 0.25) is 0 Å². The molecule has 0 bridgehead atoms. The number of rotatable bonds is 4. The van der Waals surface area contributed by atoms with Gasteiger partial charge in [-0.3, -0.25) is 24.0 Å². The smallest absolute Gasteiger partial charge is 0.297 e. The molecule has 5 rings (SSSR count). The van der Waals surface area contributed by atoms with Crippen LogP contribution in [0.5, 0.6) is 0 Å². The molecule has 3 aromatic heterocycles. The largest absolute Gasteiger partial charge is 0.332 e. The number of nitrogens with zero attached hydrogens (tertiary/aromatic N) is 5. The number of aromatic nitrogens is 4. The molecular formula is C21H23N5O2S. The minimum Gasteiger partial charge on any atom is -0.297 e. The Morgan fingerprint density at radius 1 is 1.07 bits per heavy atom. The quantitative estimate of drug-likeness (QED) is 0.614. The van der Waals surface area contributed by atoms with Gasteiger partial charge in [-0.2, -0.15) is 5.10 Å². The summed E-state index contributed by atoms with van der Waals surface area (Å²) in [6.45, 7) is 5.70. The number of pyridine rings is 1. The highest BCUT2D eigenvalue weighted by Crippen LogP contribution is 2.41. The van der Waals surface area contributed by atoms with Crippen molar-refractivity contribution < 1.29 is 0 Å². The van der Waals surface area contributed by atoms with Gasteiger partial charge in [-0.05, 0) is 50.6 Å². The van der Waals surface area contributed by atoms with E-state index in [1.807, 2.05) is 29.5 Å². The van der Waals surface area contributed by atoms with Gasteiger partial charge >= 0.3 is 11.1 Å². The average molecular weight is 410 g/mol. The van der Waals surface area contributed by atoms with Gasteiger partial charge in [0.1, 0.15) is 5.82 Å². The van der Waals surface area contributed by atoms with Crippen molar-refractivity contribution in [3.8, 4) is 0 Å². The van der Waals surface area contributed by atoms with Gasteiger partial charge < -0.3 is 0 Å². The Balaban J connectivity index is 1.46. The number of fused-ring (bicyclic) bond motifs is 2. The van der Waals surface area contributed by atoms with Crippen molar-refractivity contribution in [3.63, 3.8) is 0 Å². The molecule has 0 unspecified atom stereocenters. The predicted molar refractivity (Wildman–Crippen MR) is 111 cm³/mol. The molecule has 3 aromatic rings. The maximum Gasteiger partial charge on any atom is 0.332 e. The second-order valence-electron chi connectivity index (χ2n) is 8.07. The molecule has 1 fully saturated rings. The third-order valence-electron chi connectivity index (χ3n) is 6.07. The monoisotopic (exact) mass is 409 g/mol. The highest BCUT2D eigenvalue weighted by Gasteiger charge is 2.47. The lowest BCUT2D eigenvalue weighted by atomic mass is 9.85. The van der Waals surface area contributed by atoms with Gasteiger partial charge in [0.15, 0.2) is 0 Å². The minimum atomic E-state index is -0.569. The van der Waals surface area contributed by atoms with Crippen molar-refractivity contribution in [3.05, 3.63) is 78.5 Å². The summed E-state index contributed by atoms with van der Waals surface area (Å²) in [6, 6.07) is 9.90. The molecule has 2 aliphatic rings. The first-order valence-corrected chi connectivity index (χ1v) is 10.8. The Morgan fingerprint density at radius 2 is 1.93 bits per heavy atom. The molecule has 8 heteroatoms. The van der Waals surface area contributed by atoms with Crippen LogP contribution in [0.3, 0.4) is 0 Å². The van der Waals surface area contributed by atoms with Crippen LogP contribution < -0.4 is 11.1 Å².